The highest BCUT2D eigenvalue weighted by Crippen LogP contribution is 2.30. The normalized spacial score (nSPS) is 14.0. The first kappa shape index (κ1) is 11.3. The number of oxime groups is 1. The van der Waals surface area contributed by atoms with E-state index in [1.807, 2.05) is 0 Å². The Balaban J connectivity index is 4.69. The molecule has 0 saturated carbocycles. The van der Waals surface area contributed by atoms with Crippen molar-refractivity contribution in [3.8, 4) is 0 Å². The van der Waals surface area contributed by atoms with E-state index in [0.717, 1.165) is 0 Å². The monoisotopic (exact) mass is 179 g/mol. The van der Waals surface area contributed by atoms with E-state index < -0.39 is 17.6 Å². The number of hydrogen-bond donors (Lipinski definition) is 1. The van der Waals surface area contributed by atoms with Crippen molar-refractivity contribution in [1.29, 1.82) is 0 Å². The molecule has 1 N–H and O–H groups in total. The molecule has 0 aliphatic carbocycles. The Morgan fingerprint density at radius 3 is 1.92 bits per heavy atom. The van der Waals surface area contributed by atoms with Crippen LogP contribution in [0.2, 0.25) is 0 Å². The summed E-state index contributed by atoms with van der Waals surface area (Å²) in [6.45, 7) is 5.28. The lowest BCUT2D eigenvalue weighted by Gasteiger charge is -2.26. The van der Waals surface area contributed by atoms with Gasteiger partial charge in [0.2, 0.25) is 0 Å². The summed E-state index contributed by atoms with van der Waals surface area (Å²) < 4.78 is 24.6. The fourth-order valence-electron chi connectivity index (χ4n) is 1.04. The molecule has 0 saturated heterocycles. The molecule has 72 valence electrons. The lowest BCUT2D eigenvalue weighted by molar-refractivity contribution is 0.190. The number of nitrogens with zero attached hydrogens (tertiary/aromatic N) is 1. The van der Waals surface area contributed by atoms with E-state index in [-0.39, 0.29) is 0 Å². The molecule has 0 spiro atoms. The van der Waals surface area contributed by atoms with Gasteiger partial charge in [0.1, 0.15) is 5.71 Å². The largest absolute Gasteiger partial charge is 0.411 e. The SMILES string of the molecule is CCC(C)(CC)/C(=N\O)C(F)F. The molecule has 0 aromatic carbocycles. The van der Waals surface area contributed by atoms with Gasteiger partial charge in [-0.25, -0.2) is 8.78 Å². The zero-order valence-electron chi connectivity index (χ0n) is 7.64. The summed E-state index contributed by atoms with van der Waals surface area (Å²) in [5.41, 5.74) is -1.09. The van der Waals surface area contributed by atoms with E-state index in [1.165, 1.54) is 0 Å². The van der Waals surface area contributed by atoms with Crippen molar-refractivity contribution in [2.75, 3.05) is 0 Å². The van der Waals surface area contributed by atoms with Crippen LogP contribution in [0.1, 0.15) is 33.6 Å². The standard InChI is InChI=1S/C8H15F2NO/c1-4-8(3,5-2)6(11-12)7(9)10/h7,12H,4-5H2,1-3H3/b11-6-. The van der Waals surface area contributed by atoms with Crippen molar-refractivity contribution in [2.24, 2.45) is 10.6 Å². The van der Waals surface area contributed by atoms with Crippen LogP contribution in [0.4, 0.5) is 8.78 Å². The summed E-state index contributed by atoms with van der Waals surface area (Å²) in [6, 6.07) is 0. The molecule has 0 aromatic rings. The first-order valence-corrected chi connectivity index (χ1v) is 4.02. The fourth-order valence-corrected chi connectivity index (χ4v) is 1.04. The van der Waals surface area contributed by atoms with Gasteiger partial charge in [0.25, 0.3) is 6.43 Å². The van der Waals surface area contributed by atoms with Crippen molar-refractivity contribution in [1.82, 2.24) is 0 Å². The maximum absolute atomic E-state index is 12.3. The second kappa shape index (κ2) is 4.38. The van der Waals surface area contributed by atoms with E-state index in [2.05, 4.69) is 5.16 Å². The van der Waals surface area contributed by atoms with Gasteiger partial charge in [0, 0.05) is 5.41 Å². The van der Waals surface area contributed by atoms with Gasteiger partial charge in [-0.15, -0.1) is 0 Å². The van der Waals surface area contributed by atoms with Gasteiger partial charge in [-0.2, -0.15) is 0 Å². The first-order chi connectivity index (χ1) is 5.51. The van der Waals surface area contributed by atoms with Crippen LogP contribution in [0, 0.1) is 5.41 Å². The van der Waals surface area contributed by atoms with E-state index in [1.54, 1.807) is 20.8 Å². The average molecular weight is 179 g/mol. The minimum atomic E-state index is -2.67. The number of halogens is 2. The fraction of sp³-hybridized carbons (Fsp3) is 0.875. The van der Waals surface area contributed by atoms with E-state index >= 15 is 0 Å². The summed E-state index contributed by atoms with van der Waals surface area (Å²) in [5, 5.41) is 11.1. The van der Waals surface area contributed by atoms with Crippen LogP contribution in [-0.4, -0.2) is 17.3 Å². The second-order valence-corrected chi connectivity index (χ2v) is 3.05. The Kier molecular flexibility index (Phi) is 4.13. The van der Waals surface area contributed by atoms with Gasteiger partial charge in [0.05, 0.1) is 0 Å². The maximum atomic E-state index is 12.3. The molecular formula is C8H15F2NO. The zero-order chi connectivity index (χ0) is 9.78. The highest BCUT2D eigenvalue weighted by atomic mass is 19.3. The summed E-state index contributed by atoms with van der Waals surface area (Å²) in [4.78, 5) is 0. The quantitative estimate of drug-likeness (QED) is 0.401. The summed E-state index contributed by atoms with van der Waals surface area (Å²) in [6.07, 6.45) is -1.57. The first-order valence-electron chi connectivity index (χ1n) is 4.02. The molecule has 0 aromatic heterocycles. The Hall–Kier alpha value is -0.670. The van der Waals surface area contributed by atoms with Crippen LogP contribution in [-0.2, 0) is 0 Å². The van der Waals surface area contributed by atoms with Gasteiger partial charge in [-0.1, -0.05) is 25.9 Å². The molecule has 2 nitrogen and oxygen atoms in total. The van der Waals surface area contributed by atoms with Gasteiger partial charge in [-0.05, 0) is 12.8 Å². The van der Waals surface area contributed by atoms with Crippen molar-refractivity contribution < 1.29 is 14.0 Å². The van der Waals surface area contributed by atoms with Crippen molar-refractivity contribution in [3.05, 3.63) is 0 Å². The van der Waals surface area contributed by atoms with Gasteiger partial charge < -0.3 is 5.21 Å². The van der Waals surface area contributed by atoms with E-state index in [4.69, 9.17) is 5.21 Å². The third-order valence-corrected chi connectivity index (χ3v) is 2.49. The molecule has 0 aliphatic heterocycles. The molecule has 12 heavy (non-hydrogen) atoms. The van der Waals surface area contributed by atoms with Gasteiger partial charge in [0.15, 0.2) is 0 Å². The molecule has 0 radical (unpaired) electrons. The summed E-state index contributed by atoms with van der Waals surface area (Å²) in [7, 11) is 0. The molecule has 0 amide bonds. The van der Waals surface area contributed by atoms with Crippen molar-refractivity contribution >= 4 is 5.71 Å². The summed E-state index contributed by atoms with van der Waals surface area (Å²) in [5.74, 6) is 0. The number of rotatable bonds is 4. The average Bonchev–Trinajstić information content (AvgIpc) is 2.04. The number of hydrogen-bond acceptors (Lipinski definition) is 2. The molecule has 0 atom stereocenters. The molecule has 4 heteroatoms. The Bertz CT molecular complexity index is 164. The van der Waals surface area contributed by atoms with Crippen molar-refractivity contribution in [3.63, 3.8) is 0 Å². The molecule has 0 rings (SSSR count). The Labute approximate surface area is 71.3 Å². The third kappa shape index (κ3) is 2.16. The molecule has 0 heterocycles. The predicted octanol–water partition coefficient (Wildman–Crippen LogP) is 2.91. The van der Waals surface area contributed by atoms with Crippen LogP contribution in [0.3, 0.4) is 0 Å². The number of alkyl halides is 2. The maximum Gasteiger partial charge on any atom is 0.280 e. The lowest BCUT2D eigenvalue weighted by Crippen LogP contribution is -2.32. The smallest absolute Gasteiger partial charge is 0.280 e. The topological polar surface area (TPSA) is 32.6 Å². The van der Waals surface area contributed by atoms with Crippen LogP contribution in [0.25, 0.3) is 0 Å². The van der Waals surface area contributed by atoms with Crippen LogP contribution >= 0.6 is 0 Å². The van der Waals surface area contributed by atoms with Crippen LogP contribution < -0.4 is 0 Å². The zero-order valence-corrected chi connectivity index (χ0v) is 7.64. The highest BCUT2D eigenvalue weighted by Gasteiger charge is 2.33. The van der Waals surface area contributed by atoms with Gasteiger partial charge in [-0.3, -0.25) is 0 Å². The molecular weight excluding hydrogens is 164 g/mol. The molecule has 0 bridgehead atoms. The highest BCUT2D eigenvalue weighted by molar-refractivity contribution is 5.92. The molecule has 0 fully saturated rings. The molecule has 0 aliphatic rings. The Morgan fingerprint density at radius 2 is 1.83 bits per heavy atom. The summed E-state index contributed by atoms with van der Waals surface area (Å²) >= 11 is 0. The van der Waals surface area contributed by atoms with Crippen molar-refractivity contribution in [2.45, 2.75) is 40.0 Å². The van der Waals surface area contributed by atoms with E-state index in [0.29, 0.717) is 12.8 Å². The predicted molar refractivity (Wildman–Crippen MR) is 43.9 cm³/mol. The minimum absolute atomic E-state index is 0.410. The Morgan fingerprint density at radius 1 is 1.42 bits per heavy atom. The minimum Gasteiger partial charge on any atom is -0.411 e. The molecule has 0 unspecified atom stereocenters. The van der Waals surface area contributed by atoms with Crippen LogP contribution in [0.15, 0.2) is 5.16 Å². The van der Waals surface area contributed by atoms with Crippen LogP contribution in [0.5, 0.6) is 0 Å². The van der Waals surface area contributed by atoms with Gasteiger partial charge >= 0.3 is 0 Å². The lowest BCUT2D eigenvalue weighted by atomic mass is 9.80. The third-order valence-electron chi connectivity index (χ3n) is 2.49. The second-order valence-electron chi connectivity index (χ2n) is 3.05. The van der Waals surface area contributed by atoms with E-state index in [9.17, 15) is 8.78 Å².